The molecule has 2 aromatic heterocycles. The number of methoxy groups -OCH3 is 2. The fraction of sp³-hybridized carbons (Fsp3) is 0.500. The zero-order chi connectivity index (χ0) is 31.5. The van der Waals surface area contributed by atoms with Crippen molar-refractivity contribution in [3.8, 4) is 23.5 Å². The van der Waals surface area contributed by atoms with Crippen molar-refractivity contribution in [2.24, 2.45) is 0 Å². The summed E-state index contributed by atoms with van der Waals surface area (Å²) in [6, 6.07) is 9.85. The lowest BCUT2D eigenvalue weighted by molar-refractivity contribution is 0.0378. The molecular weight excluding hydrogens is 618 g/mol. The van der Waals surface area contributed by atoms with Crippen LogP contribution in [0.3, 0.4) is 0 Å². The van der Waals surface area contributed by atoms with E-state index in [0.717, 1.165) is 39.3 Å². The number of rotatable bonds is 11. The molecule has 1 aromatic carbocycles. The number of carbonyl (C=O) groups excluding carboxylic acids is 1. The topological polar surface area (TPSA) is 120 Å². The molecule has 11 nitrogen and oxygen atoms in total. The number of morpholine rings is 1. The molecule has 2 aliphatic heterocycles. The normalized spacial score (nSPS) is 17.4. The summed E-state index contributed by atoms with van der Waals surface area (Å²) in [6.45, 7) is 14.6. The van der Waals surface area contributed by atoms with Crippen LogP contribution >= 0.6 is 11.6 Å². The smallest absolute Gasteiger partial charge is 0.291 e. The molecule has 0 aliphatic carbocycles. The SMILES string of the molecule is COc1nc(NCCCN2CCOCC2)nc(OC)c1NC(=O)c1ccc(Oc2cc3c(cc2Cl)[Si](C)(C)CC[Si]3(C)C)o1. The minimum absolute atomic E-state index is 0.0340. The monoisotopic (exact) mass is 659 g/mol. The average Bonchev–Trinajstić information content (AvgIpc) is 3.48. The van der Waals surface area contributed by atoms with Crippen LogP contribution in [0, 0.1) is 0 Å². The van der Waals surface area contributed by atoms with E-state index in [1.807, 2.05) is 0 Å². The Kier molecular flexibility index (Phi) is 9.90. The molecule has 5 rings (SSSR count). The van der Waals surface area contributed by atoms with Crippen LogP contribution in [-0.2, 0) is 4.74 Å². The van der Waals surface area contributed by atoms with Gasteiger partial charge in [-0.05, 0) is 31.2 Å². The molecule has 1 fully saturated rings. The van der Waals surface area contributed by atoms with Crippen molar-refractivity contribution in [2.45, 2.75) is 44.7 Å². The Bertz CT molecular complexity index is 1470. The standard InChI is InChI=1S/C30H42ClN5O6Si2/c1-38-28-26(29(39-2)35-30(34-28)32-10-7-11-36-12-14-40-15-13-36)33-27(37)21-8-9-25(41-21)42-22-19-24-23(18-20(22)31)43(3,4)16-17-44(24,5)6/h8-9,18-19H,7,10-17H2,1-6H3,(H,33,37)(H,32,34,35). The van der Waals surface area contributed by atoms with Gasteiger partial charge < -0.3 is 34.0 Å². The molecular formula is C30H42ClN5O6Si2. The Morgan fingerprint density at radius 3 is 2.27 bits per heavy atom. The second-order valence-electron chi connectivity index (χ2n) is 12.4. The lowest BCUT2D eigenvalue weighted by Crippen LogP contribution is -2.63. The van der Waals surface area contributed by atoms with Crippen LogP contribution in [0.4, 0.5) is 11.6 Å². The van der Waals surface area contributed by atoms with Gasteiger partial charge in [0.15, 0.2) is 11.4 Å². The van der Waals surface area contributed by atoms with Crippen molar-refractivity contribution in [1.82, 2.24) is 14.9 Å². The number of hydrogen-bond acceptors (Lipinski definition) is 10. The molecule has 1 saturated heterocycles. The molecule has 4 heterocycles. The van der Waals surface area contributed by atoms with E-state index in [1.165, 1.54) is 42.7 Å². The second kappa shape index (κ2) is 13.5. The zero-order valence-corrected chi connectivity index (χ0v) is 29.1. The highest BCUT2D eigenvalue weighted by atomic mass is 35.5. The number of carbonyl (C=O) groups is 1. The number of halogens is 1. The van der Waals surface area contributed by atoms with E-state index in [4.69, 9.17) is 35.0 Å². The first-order valence-electron chi connectivity index (χ1n) is 15.0. The van der Waals surface area contributed by atoms with Gasteiger partial charge in [0, 0.05) is 25.7 Å². The summed E-state index contributed by atoms with van der Waals surface area (Å²) in [7, 11) is -0.229. The van der Waals surface area contributed by atoms with Crippen molar-refractivity contribution in [3.05, 3.63) is 35.0 Å². The van der Waals surface area contributed by atoms with Crippen molar-refractivity contribution in [3.63, 3.8) is 0 Å². The molecule has 0 bridgehead atoms. The molecule has 0 spiro atoms. The van der Waals surface area contributed by atoms with E-state index < -0.39 is 22.1 Å². The maximum absolute atomic E-state index is 13.2. The highest BCUT2D eigenvalue weighted by Gasteiger charge is 2.40. The Morgan fingerprint density at radius 1 is 1.00 bits per heavy atom. The molecule has 0 unspecified atom stereocenters. The van der Waals surface area contributed by atoms with Crippen LogP contribution in [0.25, 0.3) is 0 Å². The van der Waals surface area contributed by atoms with E-state index in [2.05, 4.69) is 63.8 Å². The van der Waals surface area contributed by atoms with E-state index in [0.29, 0.717) is 23.3 Å². The fourth-order valence-corrected chi connectivity index (χ4v) is 16.2. The van der Waals surface area contributed by atoms with Gasteiger partial charge in [-0.3, -0.25) is 9.69 Å². The van der Waals surface area contributed by atoms with Crippen LogP contribution in [-0.4, -0.2) is 90.5 Å². The number of nitrogens with one attached hydrogen (secondary N) is 2. The number of benzene rings is 1. The van der Waals surface area contributed by atoms with Gasteiger partial charge in [-0.25, -0.2) is 0 Å². The molecule has 14 heteroatoms. The number of fused-ring (bicyclic) bond motifs is 1. The van der Waals surface area contributed by atoms with Crippen LogP contribution in [0.5, 0.6) is 23.5 Å². The number of furan rings is 1. The maximum Gasteiger partial charge on any atom is 0.291 e. The second-order valence-corrected chi connectivity index (χ2v) is 22.5. The van der Waals surface area contributed by atoms with E-state index >= 15 is 0 Å². The van der Waals surface area contributed by atoms with Gasteiger partial charge >= 0.3 is 0 Å². The van der Waals surface area contributed by atoms with Crippen LogP contribution < -0.4 is 35.2 Å². The molecule has 44 heavy (non-hydrogen) atoms. The summed E-state index contributed by atoms with van der Waals surface area (Å²) in [6.07, 6.45) is 0.908. The summed E-state index contributed by atoms with van der Waals surface area (Å²) >= 11 is 6.70. The van der Waals surface area contributed by atoms with Crippen LogP contribution in [0.2, 0.25) is 43.3 Å². The third-order valence-electron chi connectivity index (χ3n) is 8.43. The molecule has 238 valence electrons. The predicted molar refractivity (Wildman–Crippen MR) is 178 cm³/mol. The van der Waals surface area contributed by atoms with Gasteiger partial charge in [-0.15, -0.1) is 0 Å². The van der Waals surface area contributed by atoms with Crippen molar-refractivity contribution in [2.75, 3.05) is 64.2 Å². The third-order valence-corrected chi connectivity index (χ3v) is 16.2. The van der Waals surface area contributed by atoms with Crippen LogP contribution in [0.1, 0.15) is 17.0 Å². The molecule has 0 saturated carbocycles. The van der Waals surface area contributed by atoms with Gasteiger partial charge in [0.2, 0.25) is 17.7 Å². The quantitative estimate of drug-likeness (QED) is 0.220. The number of nitrogens with zero attached hydrogens (tertiary/aromatic N) is 3. The highest BCUT2D eigenvalue weighted by molar-refractivity contribution is 7.03. The third kappa shape index (κ3) is 7.23. The highest BCUT2D eigenvalue weighted by Crippen LogP contribution is 2.35. The zero-order valence-electron chi connectivity index (χ0n) is 26.3. The molecule has 1 amide bonds. The van der Waals surface area contributed by atoms with Gasteiger partial charge in [-0.1, -0.05) is 60.3 Å². The minimum atomic E-state index is -1.61. The summed E-state index contributed by atoms with van der Waals surface area (Å²) in [4.78, 5) is 24.4. The lowest BCUT2D eigenvalue weighted by Gasteiger charge is -2.39. The first-order valence-corrected chi connectivity index (χ1v) is 21.8. The number of ether oxygens (including phenoxy) is 4. The Balaban J connectivity index is 1.26. The molecule has 2 aliphatic rings. The lowest BCUT2D eigenvalue weighted by atomic mass is 10.3. The molecule has 2 N–H and O–H groups in total. The molecule has 0 atom stereocenters. The van der Waals surface area contributed by atoms with E-state index in [9.17, 15) is 4.79 Å². The summed E-state index contributed by atoms with van der Waals surface area (Å²) in [5.74, 6) is 0.841. The predicted octanol–water partition coefficient (Wildman–Crippen LogP) is 4.76. The average molecular weight is 660 g/mol. The number of aromatic nitrogens is 2. The largest absolute Gasteiger partial charge is 0.479 e. The van der Waals surface area contributed by atoms with Crippen molar-refractivity contribution < 1.29 is 28.2 Å². The summed E-state index contributed by atoms with van der Waals surface area (Å²) in [5, 5.41) is 9.34. The minimum Gasteiger partial charge on any atom is -0.479 e. The van der Waals surface area contributed by atoms with Crippen molar-refractivity contribution >= 4 is 55.7 Å². The van der Waals surface area contributed by atoms with E-state index in [1.54, 1.807) is 6.07 Å². The molecule has 0 radical (unpaired) electrons. The van der Waals surface area contributed by atoms with Gasteiger partial charge in [0.1, 0.15) is 5.75 Å². The first kappa shape index (κ1) is 32.3. The molecule has 3 aromatic rings. The maximum atomic E-state index is 13.2. The number of anilines is 2. The summed E-state index contributed by atoms with van der Waals surface area (Å²) < 4.78 is 28.2. The van der Waals surface area contributed by atoms with Gasteiger partial charge in [0.25, 0.3) is 11.9 Å². The van der Waals surface area contributed by atoms with E-state index in [-0.39, 0.29) is 29.2 Å². The van der Waals surface area contributed by atoms with Crippen LogP contribution in [0.15, 0.2) is 28.7 Å². The number of amides is 1. The Hall–Kier alpha value is -3.11. The Morgan fingerprint density at radius 2 is 1.64 bits per heavy atom. The number of hydrogen-bond donors (Lipinski definition) is 2. The summed E-state index contributed by atoms with van der Waals surface area (Å²) in [5.41, 5.74) is 0.189. The fourth-order valence-electron chi connectivity index (χ4n) is 5.66. The first-order chi connectivity index (χ1) is 21.0. The Labute approximate surface area is 265 Å². The van der Waals surface area contributed by atoms with Gasteiger partial charge in [-0.2, -0.15) is 9.97 Å². The van der Waals surface area contributed by atoms with Crippen molar-refractivity contribution in [1.29, 1.82) is 0 Å². The van der Waals surface area contributed by atoms with Gasteiger partial charge in [0.05, 0.1) is 48.6 Å².